The molecule has 0 N–H and O–H groups in total. The van der Waals surface area contributed by atoms with Crippen molar-refractivity contribution < 1.29 is 22.7 Å². The van der Waals surface area contributed by atoms with Crippen LogP contribution in [0.2, 0.25) is 0 Å². The lowest BCUT2D eigenvalue weighted by molar-refractivity contribution is -0.138. The summed E-state index contributed by atoms with van der Waals surface area (Å²) in [5.41, 5.74) is 0.00871. The van der Waals surface area contributed by atoms with Crippen LogP contribution in [-0.2, 0) is 23.9 Å². The summed E-state index contributed by atoms with van der Waals surface area (Å²) in [6, 6.07) is 6.85. The first-order valence-corrected chi connectivity index (χ1v) is 8.04. The van der Waals surface area contributed by atoms with Crippen LogP contribution in [-0.4, -0.2) is 24.1 Å². The van der Waals surface area contributed by atoms with Crippen LogP contribution in [0.4, 0.5) is 18.9 Å². The van der Waals surface area contributed by atoms with Crippen molar-refractivity contribution in [3.8, 4) is 5.75 Å². The Hall–Kier alpha value is -2.77. The Kier molecular flexibility index (Phi) is 4.76. The van der Waals surface area contributed by atoms with Crippen LogP contribution in [0.3, 0.4) is 0 Å². The number of hydrogen-bond acceptors (Lipinski definition) is 3. The van der Waals surface area contributed by atoms with Crippen LogP contribution < -0.4 is 15.2 Å². The Balaban J connectivity index is 1.87. The number of methoxy groups -OCH3 is 1. The molecule has 0 bridgehead atoms. The molecule has 0 saturated carbocycles. The fourth-order valence-corrected chi connectivity index (χ4v) is 3.01. The zero-order chi connectivity index (χ0) is 18.9. The molecule has 3 rings (SSSR count). The Labute approximate surface area is 147 Å². The second-order valence-corrected chi connectivity index (χ2v) is 6.03. The van der Waals surface area contributed by atoms with E-state index in [9.17, 15) is 22.8 Å². The van der Waals surface area contributed by atoms with E-state index >= 15 is 0 Å². The number of pyridine rings is 1. The SMILES string of the molecule is COc1ccc2c(c1)CCCN2C(=O)Cn1cc(C(F)(F)F)ccc1=O. The van der Waals surface area contributed by atoms with Crippen molar-refractivity contribution in [2.24, 2.45) is 0 Å². The van der Waals surface area contributed by atoms with Gasteiger partial charge in [-0.15, -0.1) is 0 Å². The maximum absolute atomic E-state index is 12.8. The zero-order valence-electron chi connectivity index (χ0n) is 14.0. The molecule has 1 aliphatic rings. The molecule has 8 heteroatoms. The highest BCUT2D eigenvalue weighted by atomic mass is 19.4. The fourth-order valence-electron chi connectivity index (χ4n) is 3.01. The molecule has 0 atom stereocenters. The van der Waals surface area contributed by atoms with Gasteiger partial charge < -0.3 is 14.2 Å². The molecular formula is C18H17F3N2O3. The second-order valence-electron chi connectivity index (χ2n) is 6.03. The Morgan fingerprint density at radius 2 is 2.00 bits per heavy atom. The number of halogens is 3. The maximum atomic E-state index is 12.8. The summed E-state index contributed by atoms with van der Waals surface area (Å²) in [6.07, 6.45) is -2.39. The summed E-state index contributed by atoms with van der Waals surface area (Å²) < 4.78 is 44.5. The standard InChI is InChI=1S/C18H17F3N2O3/c1-26-14-5-6-15-12(9-14)3-2-8-23(15)17(25)11-22-10-13(18(19,20)21)4-7-16(22)24/h4-7,9-10H,2-3,8,11H2,1H3. The predicted octanol–water partition coefficient (Wildman–Crippen LogP) is 2.86. The van der Waals surface area contributed by atoms with Gasteiger partial charge in [-0.05, 0) is 42.7 Å². The third-order valence-corrected chi connectivity index (χ3v) is 4.32. The van der Waals surface area contributed by atoms with Gasteiger partial charge in [-0.3, -0.25) is 9.59 Å². The fraction of sp³-hybridized carbons (Fsp3) is 0.333. The molecule has 1 amide bonds. The van der Waals surface area contributed by atoms with Crippen molar-refractivity contribution in [2.75, 3.05) is 18.6 Å². The summed E-state index contributed by atoms with van der Waals surface area (Å²) in [5.74, 6) is 0.240. The lowest BCUT2D eigenvalue weighted by atomic mass is 10.0. The average molecular weight is 366 g/mol. The smallest absolute Gasteiger partial charge is 0.417 e. The molecule has 26 heavy (non-hydrogen) atoms. The zero-order valence-corrected chi connectivity index (χ0v) is 14.0. The van der Waals surface area contributed by atoms with Crippen LogP contribution in [0.1, 0.15) is 17.5 Å². The number of alkyl halides is 3. The minimum Gasteiger partial charge on any atom is -0.497 e. The molecule has 1 aliphatic heterocycles. The molecule has 138 valence electrons. The number of ether oxygens (including phenoxy) is 1. The lowest BCUT2D eigenvalue weighted by Gasteiger charge is -2.30. The number of aryl methyl sites for hydroxylation is 1. The third-order valence-electron chi connectivity index (χ3n) is 4.32. The van der Waals surface area contributed by atoms with Gasteiger partial charge in [0, 0.05) is 24.5 Å². The summed E-state index contributed by atoms with van der Waals surface area (Å²) in [7, 11) is 1.55. The number of anilines is 1. The van der Waals surface area contributed by atoms with Gasteiger partial charge in [0.1, 0.15) is 12.3 Å². The average Bonchev–Trinajstić information content (AvgIpc) is 2.61. The van der Waals surface area contributed by atoms with E-state index in [-0.39, 0.29) is 0 Å². The van der Waals surface area contributed by atoms with Crippen LogP contribution >= 0.6 is 0 Å². The summed E-state index contributed by atoms with van der Waals surface area (Å²) in [5, 5.41) is 0. The van der Waals surface area contributed by atoms with Gasteiger partial charge in [-0.1, -0.05) is 0 Å². The second kappa shape index (κ2) is 6.86. The molecule has 0 fully saturated rings. The van der Waals surface area contributed by atoms with E-state index in [4.69, 9.17) is 4.74 Å². The van der Waals surface area contributed by atoms with Gasteiger partial charge >= 0.3 is 6.18 Å². The van der Waals surface area contributed by atoms with Gasteiger partial charge in [0.25, 0.3) is 5.56 Å². The summed E-state index contributed by atoms with van der Waals surface area (Å²) >= 11 is 0. The molecule has 0 aliphatic carbocycles. The number of rotatable bonds is 3. The van der Waals surface area contributed by atoms with Gasteiger partial charge in [0.05, 0.1) is 12.7 Å². The van der Waals surface area contributed by atoms with Crippen LogP contribution in [0.25, 0.3) is 0 Å². The number of fused-ring (bicyclic) bond motifs is 1. The van der Waals surface area contributed by atoms with Crippen LogP contribution in [0.5, 0.6) is 5.75 Å². The number of amides is 1. The maximum Gasteiger partial charge on any atom is 0.417 e. The number of carbonyl (C=O) groups excluding carboxylic acids is 1. The van der Waals surface area contributed by atoms with Gasteiger partial charge in [-0.2, -0.15) is 13.2 Å². The Bertz CT molecular complexity index is 890. The lowest BCUT2D eigenvalue weighted by Crippen LogP contribution is -2.39. The molecule has 1 aromatic heterocycles. The number of carbonyl (C=O) groups is 1. The molecule has 0 unspecified atom stereocenters. The van der Waals surface area contributed by atoms with E-state index in [0.29, 0.717) is 30.2 Å². The van der Waals surface area contributed by atoms with Crippen molar-refractivity contribution in [2.45, 2.75) is 25.6 Å². The first-order chi connectivity index (χ1) is 12.3. The van der Waals surface area contributed by atoms with Crippen molar-refractivity contribution in [3.05, 3.63) is 58.0 Å². The van der Waals surface area contributed by atoms with E-state index in [1.165, 1.54) is 4.90 Å². The highest BCUT2D eigenvalue weighted by molar-refractivity contribution is 5.94. The molecule has 0 spiro atoms. The van der Waals surface area contributed by atoms with Crippen LogP contribution in [0, 0.1) is 0 Å². The van der Waals surface area contributed by atoms with E-state index in [2.05, 4.69) is 0 Å². The number of aromatic nitrogens is 1. The minimum absolute atomic E-state index is 0.433. The van der Waals surface area contributed by atoms with Gasteiger partial charge in [0.2, 0.25) is 5.91 Å². The molecular weight excluding hydrogens is 349 g/mol. The van der Waals surface area contributed by atoms with E-state index < -0.39 is 29.8 Å². The van der Waals surface area contributed by atoms with E-state index in [1.54, 1.807) is 19.2 Å². The highest BCUT2D eigenvalue weighted by Crippen LogP contribution is 2.31. The van der Waals surface area contributed by atoms with Gasteiger partial charge in [-0.25, -0.2) is 0 Å². The quantitative estimate of drug-likeness (QED) is 0.839. The van der Waals surface area contributed by atoms with E-state index in [1.807, 2.05) is 6.07 Å². The van der Waals surface area contributed by atoms with Crippen molar-refractivity contribution in [1.82, 2.24) is 4.57 Å². The Morgan fingerprint density at radius 3 is 2.69 bits per heavy atom. The monoisotopic (exact) mass is 366 g/mol. The van der Waals surface area contributed by atoms with Crippen LogP contribution in [0.15, 0.2) is 41.3 Å². The number of hydrogen-bond donors (Lipinski definition) is 0. The number of benzene rings is 1. The first kappa shape index (κ1) is 18.0. The van der Waals surface area contributed by atoms with Crippen molar-refractivity contribution >= 4 is 11.6 Å². The summed E-state index contributed by atoms with van der Waals surface area (Å²) in [4.78, 5) is 26.0. The summed E-state index contributed by atoms with van der Waals surface area (Å²) in [6.45, 7) is 0.0000959. The number of nitrogens with zero attached hydrogens (tertiary/aromatic N) is 2. The minimum atomic E-state index is -4.58. The highest BCUT2D eigenvalue weighted by Gasteiger charge is 2.31. The van der Waals surface area contributed by atoms with Crippen molar-refractivity contribution in [3.63, 3.8) is 0 Å². The molecule has 2 heterocycles. The van der Waals surface area contributed by atoms with Crippen molar-refractivity contribution in [1.29, 1.82) is 0 Å². The predicted molar refractivity (Wildman–Crippen MR) is 89.4 cm³/mol. The van der Waals surface area contributed by atoms with Gasteiger partial charge in [0.15, 0.2) is 0 Å². The first-order valence-electron chi connectivity index (χ1n) is 8.04. The topological polar surface area (TPSA) is 51.5 Å². The Morgan fingerprint density at radius 1 is 1.23 bits per heavy atom. The molecule has 1 aromatic carbocycles. The molecule has 2 aromatic rings. The molecule has 0 radical (unpaired) electrons. The molecule has 5 nitrogen and oxygen atoms in total. The normalized spacial score (nSPS) is 14.1. The largest absolute Gasteiger partial charge is 0.497 e. The molecule has 0 saturated heterocycles. The third kappa shape index (κ3) is 3.58. The van der Waals surface area contributed by atoms with E-state index in [0.717, 1.165) is 29.0 Å².